The van der Waals surface area contributed by atoms with Crippen LogP contribution in [0.25, 0.3) is 38.6 Å². The van der Waals surface area contributed by atoms with E-state index < -0.39 is 0 Å². The summed E-state index contributed by atoms with van der Waals surface area (Å²) >= 11 is 3.69. The van der Waals surface area contributed by atoms with E-state index >= 15 is 0 Å². The second-order valence-electron chi connectivity index (χ2n) is 8.48. The number of hydrogen-bond donors (Lipinski definition) is 0. The second kappa shape index (κ2) is 6.33. The third-order valence-corrected chi connectivity index (χ3v) is 7.49. The van der Waals surface area contributed by atoms with Crippen LogP contribution in [0.15, 0.2) is 89.4 Å². The minimum atomic E-state index is 0.0403. The predicted octanol–water partition coefficient (Wildman–Crippen LogP) is 8.24. The highest BCUT2D eigenvalue weighted by Gasteiger charge is 2.38. The first-order chi connectivity index (χ1) is 14.6. The lowest BCUT2D eigenvalue weighted by Crippen LogP contribution is -2.19. The molecule has 1 aliphatic rings. The van der Waals surface area contributed by atoms with Crippen molar-refractivity contribution in [2.24, 2.45) is 0 Å². The van der Waals surface area contributed by atoms with Crippen LogP contribution in [-0.4, -0.2) is 4.57 Å². The highest BCUT2D eigenvalue weighted by atomic mass is 79.9. The maximum atomic E-state index is 3.69. The van der Waals surface area contributed by atoms with Crippen LogP contribution in [0.3, 0.4) is 0 Å². The summed E-state index contributed by atoms with van der Waals surface area (Å²) in [6, 6.07) is 31.1. The molecule has 0 radical (unpaired) electrons. The van der Waals surface area contributed by atoms with Gasteiger partial charge in [-0.1, -0.05) is 72.2 Å². The first-order valence-electron chi connectivity index (χ1n) is 10.6. The third-order valence-electron chi connectivity index (χ3n) is 6.99. The van der Waals surface area contributed by atoms with E-state index in [4.69, 9.17) is 0 Å². The van der Waals surface area contributed by atoms with Crippen molar-refractivity contribution in [2.75, 3.05) is 0 Å². The number of benzene rings is 4. The summed E-state index contributed by atoms with van der Waals surface area (Å²) in [6.07, 6.45) is 1.08. The number of hydrogen-bond acceptors (Lipinski definition) is 0. The summed E-state index contributed by atoms with van der Waals surface area (Å²) in [7, 11) is 0. The zero-order valence-corrected chi connectivity index (χ0v) is 18.7. The zero-order chi connectivity index (χ0) is 20.5. The third kappa shape index (κ3) is 2.29. The fraction of sp³-hybridized carbons (Fsp3) is 0.143. The van der Waals surface area contributed by atoms with Crippen LogP contribution in [-0.2, 0) is 5.41 Å². The van der Waals surface area contributed by atoms with Crippen molar-refractivity contribution in [1.82, 2.24) is 4.57 Å². The van der Waals surface area contributed by atoms with Crippen LogP contribution < -0.4 is 0 Å². The van der Waals surface area contributed by atoms with Crippen LogP contribution >= 0.6 is 15.9 Å². The fourth-order valence-electron chi connectivity index (χ4n) is 5.30. The lowest BCUT2D eigenvalue weighted by atomic mass is 9.78. The zero-order valence-electron chi connectivity index (χ0n) is 17.1. The Morgan fingerprint density at radius 2 is 1.47 bits per heavy atom. The molecule has 146 valence electrons. The highest BCUT2D eigenvalue weighted by Crippen LogP contribution is 2.52. The van der Waals surface area contributed by atoms with Gasteiger partial charge in [0, 0.05) is 26.3 Å². The van der Waals surface area contributed by atoms with Crippen molar-refractivity contribution in [3.8, 4) is 16.8 Å². The predicted molar refractivity (Wildman–Crippen MR) is 131 cm³/mol. The van der Waals surface area contributed by atoms with Crippen molar-refractivity contribution in [1.29, 1.82) is 0 Å². The maximum Gasteiger partial charge on any atom is 0.0544 e. The number of nitrogens with zero attached hydrogens (tertiary/aromatic N) is 1. The van der Waals surface area contributed by atoms with Gasteiger partial charge in [0.15, 0.2) is 0 Å². The van der Waals surface area contributed by atoms with E-state index in [1.165, 1.54) is 49.7 Å². The van der Waals surface area contributed by atoms with Gasteiger partial charge in [-0.05, 0) is 71.1 Å². The Morgan fingerprint density at radius 3 is 2.27 bits per heavy atom. The van der Waals surface area contributed by atoms with Gasteiger partial charge in [0.05, 0.1) is 11.0 Å². The van der Waals surface area contributed by atoms with E-state index in [-0.39, 0.29) is 5.41 Å². The lowest BCUT2D eigenvalue weighted by molar-refractivity contribution is 0.565. The Labute approximate surface area is 185 Å². The lowest BCUT2D eigenvalue weighted by Gasteiger charge is -2.25. The van der Waals surface area contributed by atoms with Crippen LogP contribution in [0.2, 0.25) is 0 Å². The molecular weight excluding hydrogens is 430 g/mol. The molecule has 0 spiro atoms. The van der Waals surface area contributed by atoms with E-state index in [0.29, 0.717) is 0 Å². The topological polar surface area (TPSA) is 4.93 Å². The van der Waals surface area contributed by atoms with Crippen LogP contribution in [0.4, 0.5) is 0 Å². The summed E-state index contributed by atoms with van der Waals surface area (Å²) in [4.78, 5) is 0. The molecule has 0 aliphatic heterocycles. The van der Waals surface area contributed by atoms with Crippen molar-refractivity contribution in [2.45, 2.75) is 25.7 Å². The summed E-state index contributed by atoms with van der Waals surface area (Å²) in [5.41, 5.74) is 9.43. The minimum absolute atomic E-state index is 0.0403. The van der Waals surface area contributed by atoms with Gasteiger partial charge in [0.25, 0.3) is 0 Å². The van der Waals surface area contributed by atoms with Gasteiger partial charge in [-0.3, -0.25) is 0 Å². The monoisotopic (exact) mass is 451 g/mol. The number of halogens is 1. The SMILES string of the molecule is CCC1(C)c2ccccc2-c2cc3c4cc(Br)ccc4n(-c4ccccc4)c3cc21. The molecule has 1 atom stereocenters. The van der Waals surface area contributed by atoms with Crippen LogP contribution in [0.1, 0.15) is 31.4 Å². The highest BCUT2D eigenvalue weighted by molar-refractivity contribution is 9.10. The molecule has 0 fully saturated rings. The van der Waals surface area contributed by atoms with E-state index in [1.807, 2.05) is 0 Å². The number of aromatic nitrogens is 1. The van der Waals surface area contributed by atoms with Crippen molar-refractivity contribution in [3.05, 3.63) is 101 Å². The smallest absolute Gasteiger partial charge is 0.0544 e. The van der Waals surface area contributed by atoms with Gasteiger partial charge in [0.2, 0.25) is 0 Å². The molecule has 4 aromatic carbocycles. The first-order valence-corrected chi connectivity index (χ1v) is 11.3. The molecule has 0 N–H and O–H groups in total. The van der Waals surface area contributed by atoms with Gasteiger partial charge in [0.1, 0.15) is 0 Å². The standard InChI is InChI=1S/C28H22BrN/c1-3-28(2)24-12-8-7-11-20(24)21-16-23-22-15-18(29)13-14-26(22)30(27(23)17-25(21)28)19-9-5-4-6-10-19/h4-17H,3H2,1-2H3. The summed E-state index contributed by atoms with van der Waals surface area (Å²) < 4.78 is 3.53. The minimum Gasteiger partial charge on any atom is -0.309 e. The van der Waals surface area contributed by atoms with E-state index in [1.54, 1.807) is 0 Å². The van der Waals surface area contributed by atoms with Gasteiger partial charge in [-0.25, -0.2) is 0 Å². The summed E-state index contributed by atoms with van der Waals surface area (Å²) in [5, 5.41) is 2.60. The Hall–Kier alpha value is -2.84. The molecule has 1 aliphatic carbocycles. The number of fused-ring (bicyclic) bond motifs is 6. The van der Waals surface area contributed by atoms with Crippen molar-refractivity contribution >= 4 is 37.7 Å². The fourth-order valence-corrected chi connectivity index (χ4v) is 5.66. The molecule has 6 rings (SSSR count). The van der Waals surface area contributed by atoms with Crippen LogP contribution in [0.5, 0.6) is 0 Å². The molecule has 1 aromatic heterocycles. The average molecular weight is 452 g/mol. The molecule has 1 nitrogen and oxygen atoms in total. The molecule has 1 heterocycles. The Balaban J connectivity index is 1.79. The Morgan fingerprint density at radius 1 is 0.733 bits per heavy atom. The summed E-state index contributed by atoms with van der Waals surface area (Å²) in [6.45, 7) is 4.70. The Bertz CT molecular complexity index is 1440. The maximum absolute atomic E-state index is 3.69. The normalized spacial score (nSPS) is 17.4. The van der Waals surface area contributed by atoms with Crippen LogP contribution in [0, 0.1) is 0 Å². The average Bonchev–Trinajstić information content (AvgIpc) is 3.23. The van der Waals surface area contributed by atoms with E-state index in [9.17, 15) is 0 Å². The van der Waals surface area contributed by atoms with Crippen molar-refractivity contribution in [3.63, 3.8) is 0 Å². The Kier molecular flexibility index (Phi) is 3.79. The molecule has 0 bridgehead atoms. The molecule has 1 unspecified atom stereocenters. The number of rotatable bonds is 2. The molecule has 30 heavy (non-hydrogen) atoms. The van der Waals surface area contributed by atoms with E-state index in [0.717, 1.165) is 10.9 Å². The van der Waals surface area contributed by atoms with Crippen molar-refractivity contribution < 1.29 is 0 Å². The molecule has 0 saturated carbocycles. The second-order valence-corrected chi connectivity index (χ2v) is 9.39. The van der Waals surface area contributed by atoms with Gasteiger partial charge in [-0.15, -0.1) is 0 Å². The van der Waals surface area contributed by atoms with E-state index in [2.05, 4.69) is 119 Å². The summed E-state index contributed by atoms with van der Waals surface area (Å²) in [5.74, 6) is 0. The largest absolute Gasteiger partial charge is 0.309 e. The molecule has 2 heteroatoms. The van der Waals surface area contributed by atoms with Gasteiger partial charge in [-0.2, -0.15) is 0 Å². The quantitative estimate of drug-likeness (QED) is 0.254. The first kappa shape index (κ1) is 18.0. The van der Waals surface area contributed by atoms with Gasteiger partial charge < -0.3 is 4.57 Å². The molecule has 5 aromatic rings. The van der Waals surface area contributed by atoms with Gasteiger partial charge >= 0.3 is 0 Å². The molecule has 0 saturated heterocycles. The molecular formula is C28H22BrN. The molecule has 0 amide bonds. The number of para-hydroxylation sites is 1.